The molecular weight excluding hydrogens is 322 g/mol. The minimum Gasteiger partial charge on any atom is -0.385 e. The molecule has 0 bridgehead atoms. The third-order valence-electron chi connectivity index (χ3n) is 4.62. The molecule has 3 rings (SSSR count). The molecule has 1 aliphatic rings. The predicted molar refractivity (Wildman–Crippen MR) is 95.1 cm³/mol. The van der Waals surface area contributed by atoms with Crippen LogP contribution in [0.1, 0.15) is 36.7 Å². The molecule has 2 aromatic rings. The number of aromatic nitrogens is 2. The van der Waals surface area contributed by atoms with Gasteiger partial charge in [-0.1, -0.05) is 0 Å². The summed E-state index contributed by atoms with van der Waals surface area (Å²) < 4.78 is 12.3. The number of rotatable bonds is 5. The molecule has 1 fully saturated rings. The van der Waals surface area contributed by atoms with Crippen molar-refractivity contribution in [2.45, 2.75) is 32.4 Å². The zero-order valence-corrected chi connectivity index (χ0v) is 14.9. The van der Waals surface area contributed by atoms with Gasteiger partial charge in [0.25, 0.3) is 5.91 Å². The van der Waals surface area contributed by atoms with E-state index in [1.165, 1.54) is 0 Å². The molecule has 25 heavy (non-hydrogen) atoms. The summed E-state index contributed by atoms with van der Waals surface area (Å²) in [5.41, 5.74) is 1.94. The molecule has 1 aromatic carbocycles. The Balaban J connectivity index is 1.93. The lowest BCUT2D eigenvalue weighted by molar-refractivity contribution is -0.0104. The molecule has 1 unspecified atom stereocenters. The van der Waals surface area contributed by atoms with Gasteiger partial charge in [0.2, 0.25) is 0 Å². The van der Waals surface area contributed by atoms with E-state index in [0.29, 0.717) is 31.9 Å². The van der Waals surface area contributed by atoms with E-state index in [9.17, 15) is 9.59 Å². The number of fused-ring (bicyclic) bond motifs is 1. The smallest absolute Gasteiger partial charge is 0.326 e. The van der Waals surface area contributed by atoms with E-state index in [1.807, 2.05) is 18.7 Å². The molecule has 136 valence electrons. The van der Waals surface area contributed by atoms with Gasteiger partial charge in [-0.2, -0.15) is 0 Å². The second-order valence-electron chi connectivity index (χ2n) is 6.63. The summed E-state index contributed by atoms with van der Waals surface area (Å²) in [6.45, 7) is 6.12. The van der Waals surface area contributed by atoms with Gasteiger partial charge < -0.3 is 19.4 Å². The number of carbonyl (C=O) groups is 1. The van der Waals surface area contributed by atoms with E-state index in [-0.39, 0.29) is 23.7 Å². The van der Waals surface area contributed by atoms with E-state index in [2.05, 4.69) is 4.98 Å². The molecule has 1 aliphatic heterocycles. The van der Waals surface area contributed by atoms with Crippen molar-refractivity contribution in [2.75, 3.05) is 33.5 Å². The molecule has 0 radical (unpaired) electrons. The number of imidazole rings is 1. The first-order chi connectivity index (χ1) is 12.0. The molecular formula is C18H25N3O4. The van der Waals surface area contributed by atoms with Crippen molar-refractivity contribution in [2.24, 2.45) is 0 Å². The fourth-order valence-corrected chi connectivity index (χ4v) is 3.35. The minimum absolute atomic E-state index is 0.00964. The molecule has 0 spiro atoms. The Morgan fingerprint density at radius 2 is 2.24 bits per heavy atom. The van der Waals surface area contributed by atoms with Gasteiger partial charge in [-0.15, -0.1) is 0 Å². The van der Waals surface area contributed by atoms with Crippen LogP contribution in [0.5, 0.6) is 0 Å². The van der Waals surface area contributed by atoms with Crippen molar-refractivity contribution in [1.82, 2.24) is 14.5 Å². The topological polar surface area (TPSA) is 76.6 Å². The number of methoxy groups -OCH3 is 1. The summed E-state index contributed by atoms with van der Waals surface area (Å²) in [7, 11) is 1.65. The second-order valence-corrected chi connectivity index (χ2v) is 6.63. The maximum atomic E-state index is 13.0. The number of aromatic amines is 1. The van der Waals surface area contributed by atoms with Gasteiger partial charge in [-0.3, -0.25) is 9.36 Å². The lowest BCUT2D eigenvalue weighted by atomic mass is 10.1. The summed E-state index contributed by atoms with van der Waals surface area (Å²) in [6, 6.07) is 5.40. The van der Waals surface area contributed by atoms with Crippen molar-refractivity contribution in [1.29, 1.82) is 0 Å². The maximum absolute atomic E-state index is 13.0. The molecule has 1 N–H and O–H groups in total. The maximum Gasteiger partial charge on any atom is 0.326 e. The first-order valence-electron chi connectivity index (χ1n) is 8.65. The Morgan fingerprint density at radius 3 is 2.96 bits per heavy atom. The van der Waals surface area contributed by atoms with Crippen LogP contribution in [0.15, 0.2) is 23.0 Å². The summed E-state index contributed by atoms with van der Waals surface area (Å²) >= 11 is 0. The van der Waals surface area contributed by atoms with Crippen LogP contribution in [-0.4, -0.2) is 59.9 Å². The highest BCUT2D eigenvalue weighted by molar-refractivity contribution is 5.97. The average Bonchev–Trinajstić information content (AvgIpc) is 2.94. The average molecular weight is 347 g/mol. The highest BCUT2D eigenvalue weighted by Gasteiger charge is 2.28. The Labute approximate surface area is 146 Å². The molecule has 0 aliphatic carbocycles. The molecule has 0 saturated carbocycles. The van der Waals surface area contributed by atoms with Crippen LogP contribution in [0.3, 0.4) is 0 Å². The molecule has 1 aromatic heterocycles. The zero-order valence-electron chi connectivity index (χ0n) is 14.9. The zero-order chi connectivity index (χ0) is 18.0. The van der Waals surface area contributed by atoms with Crippen molar-refractivity contribution in [3.05, 3.63) is 34.2 Å². The Kier molecular flexibility index (Phi) is 5.24. The highest BCUT2D eigenvalue weighted by Crippen LogP contribution is 2.20. The second kappa shape index (κ2) is 7.41. The number of hydrogen-bond donors (Lipinski definition) is 1. The fourth-order valence-electron chi connectivity index (χ4n) is 3.35. The Morgan fingerprint density at radius 1 is 1.44 bits per heavy atom. The van der Waals surface area contributed by atoms with Gasteiger partial charge in [0.15, 0.2) is 0 Å². The van der Waals surface area contributed by atoms with Gasteiger partial charge in [0.05, 0.1) is 30.3 Å². The lowest BCUT2D eigenvalue weighted by Gasteiger charge is -2.35. The van der Waals surface area contributed by atoms with Crippen molar-refractivity contribution in [3.63, 3.8) is 0 Å². The van der Waals surface area contributed by atoms with Crippen LogP contribution in [0, 0.1) is 0 Å². The minimum atomic E-state index is -0.154. The lowest BCUT2D eigenvalue weighted by Crippen LogP contribution is -2.49. The monoisotopic (exact) mass is 347 g/mol. The molecule has 7 heteroatoms. The van der Waals surface area contributed by atoms with Gasteiger partial charge in [-0.05, 0) is 38.5 Å². The van der Waals surface area contributed by atoms with Crippen LogP contribution in [0.2, 0.25) is 0 Å². The van der Waals surface area contributed by atoms with Gasteiger partial charge >= 0.3 is 5.69 Å². The third-order valence-corrected chi connectivity index (χ3v) is 4.62. The van der Waals surface area contributed by atoms with Crippen LogP contribution in [0.4, 0.5) is 0 Å². The Bertz CT molecular complexity index is 808. The van der Waals surface area contributed by atoms with E-state index in [4.69, 9.17) is 9.47 Å². The van der Waals surface area contributed by atoms with Gasteiger partial charge in [-0.25, -0.2) is 4.79 Å². The molecule has 2 heterocycles. The largest absolute Gasteiger partial charge is 0.385 e. The van der Waals surface area contributed by atoms with Crippen LogP contribution in [0.25, 0.3) is 11.0 Å². The first kappa shape index (κ1) is 17.7. The number of morpholine rings is 1. The number of benzene rings is 1. The van der Waals surface area contributed by atoms with Crippen LogP contribution in [-0.2, 0) is 9.47 Å². The van der Waals surface area contributed by atoms with Crippen molar-refractivity contribution >= 4 is 16.9 Å². The van der Waals surface area contributed by atoms with Gasteiger partial charge in [0, 0.05) is 31.9 Å². The summed E-state index contributed by atoms with van der Waals surface area (Å²) in [5.74, 6) is -0.0322. The van der Waals surface area contributed by atoms with E-state index >= 15 is 0 Å². The SMILES string of the molecule is COCCC1COCCN1C(=O)c1ccc2[nH]c(=O)n(C(C)C)c2c1. The van der Waals surface area contributed by atoms with Crippen molar-refractivity contribution in [3.8, 4) is 0 Å². The summed E-state index contributed by atoms with van der Waals surface area (Å²) in [5, 5.41) is 0. The third kappa shape index (κ3) is 3.48. The number of carbonyl (C=O) groups excluding carboxylic acids is 1. The Hall–Kier alpha value is -2.12. The molecule has 1 amide bonds. The molecule has 1 atom stereocenters. The van der Waals surface area contributed by atoms with Gasteiger partial charge in [0.1, 0.15) is 0 Å². The number of nitrogens with one attached hydrogen (secondary N) is 1. The first-order valence-corrected chi connectivity index (χ1v) is 8.65. The normalized spacial score (nSPS) is 18.2. The van der Waals surface area contributed by atoms with Crippen LogP contribution >= 0.6 is 0 Å². The highest BCUT2D eigenvalue weighted by atomic mass is 16.5. The van der Waals surface area contributed by atoms with Crippen molar-refractivity contribution < 1.29 is 14.3 Å². The van der Waals surface area contributed by atoms with E-state index in [0.717, 1.165) is 17.5 Å². The number of nitrogens with zero attached hydrogens (tertiary/aromatic N) is 2. The quantitative estimate of drug-likeness (QED) is 0.895. The number of hydrogen-bond acceptors (Lipinski definition) is 4. The van der Waals surface area contributed by atoms with Crippen LogP contribution < -0.4 is 5.69 Å². The fraction of sp³-hybridized carbons (Fsp3) is 0.556. The summed E-state index contributed by atoms with van der Waals surface area (Å²) in [6.07, 6.45) is 0.741. The number of amides is 1. The molecule has 1 saturated heterocycles. The van der Waals surface area contributed by atoms with E-state index < -0.39 is 0 Å². The number of H-pyrrole nitrogens is 1. The number of ether oxygens (including phenoxy) is 2. The standard InChI is InChI=1S/C18H25N3O4/c1-12(2)21-16-10-13(4-5-15(16)19-18(21)23)17(22)20-7-9-25-11-14(20)6-8-24-3/h4-5,10,12,14H,6-9,11H2,1-3H3,(H,19,23). The van der Waals surface area contributed by atoms with E-state index in [1.54, 1.807) is 29.9 Å². The molecule has 7 nitrogen and oxygen atoms in total. The summed E-state index contributed by atoms with van der Waals surface area (Å²) in [4.78, 5) is 29.8. The predicted octanol–water partition coefficient (Wildman–Crippen LogP) is 1.79.